The Labute approximate surface area is 161 Å². The van der Waals surface area contributed by atoms with Crippen molar-refractivity contribution in [1.29, 1.82) is 0 Å². The van der Waals surface area contributed by atoms with Crippen LogP contribution in [0.3, 0.4) is 0 Å². The summed E-state index contributed by atoms with van der Waals surface area (Å²) >= 11 is 0. The predicted octanol–water partition coefficient (Wildman–Crippen LogP) is 3.37. The third-order valence-corrected chi connectivity index (χ3v) is 5.05. The number of amides is 1. The lowest BCUT2D eigenvalue weighted by molar-refractivity contribution is -0.123. The SMILES string of the molecule is CCc1cnc(C)nc1N1CCC(n2nccc2NC(=O)C(C)(C)C)CC1. The molecule has 3 rings (SSSR count). The van der Waals surface area contributed by atoms with Gasteiger partial charge in [-0.3, -0.25) is 4.79 Å². The number of hydrogen-bond acceptors (Lipinski definition) is 5. The van der Waals surface area contributed by atoms with E-state index in [0.29, 0.717) is 0 Å². The van der Waals surface area contributed by atoms with E-state index in [1.165, 1.54) is 5.56 Å². The normalized spacial score (nSPS) is 15.8. The average molecular weight is 371 g/mol. The topological polar surface area (TPSA) is 75.9 Å². The van der Waals surface area contributed by atoms with Gasteiger partial charge in [-0.2, -0.15) is 5.10 Å². The molecule has 146 valence electrons. The van der Waals surface area contributed by atoms with Gasteiger partial charge in [-0.25, -0.2) is 14.6 Å². The van der Waals surface area contributed by atoms with Crippen molar-refractivity contribution in [3.05, 3.63) is 29.8 Å². The van der Waals surface area contributed by atoms with Gasteiger partial charge in [0.25, 0.3) is 0 Å². The summed E-state index contributed by atoms with van der Waals surface area (Å²) in [6.07, 6.45) is 6.56. The molecule has 0 radical (unpaired) electrons. The molecular weight excluding hydrogens is 340 g/mol. The molecule has 0 spiro atoms. The van der Waals surface area contributed by atoms with Gasteiger partial charge in [0, 0.05) is 36.3 Å². The fourth-order valence-corrected chi connectivity index (χ4v) is 3.34. The molecule has 1 aliphatic heterocycles. The summed E-state index contributed by atoms with van der Waals surface area (Å²) in [5.41, 5.74) is 0.760. The highest BCUT2D eigenvalue weighted by Gasteiger charge is 2.27. The lowest BCUT2D eigenvalue weighted by Crippen LogP contribution is -2.37. The smallest absolute Gasteiger partial charge is 0.230 e. The van der Waals surface area contributed by atoms with Crippen molar-refractivity contribution in [2.24, 2.45) is 5.41 Å². The minimum atomic E-state index is -0.431. The van der Waals surface area contributed by atoms with Crippen molar-refractivity contribution in [3.8, 4) is 0 Å². The Hall–Kier alpha value is -2.44. The average Bonchev–Trinajstić information content (AvgIpc) is 3.09. The first kappa shape index (κ1) is 19.3. The first-order valence-corrected chi connectivity index (χ1v) is 9.72. The highest BCUT2D eigenvalue weighted by atomic mass is 16.2. The van der Waals surface area contributed by atoms with Gasteiger partial charge in [-0.15, -0.1) is 0 Å². The zero-order valence-corrected chi connectivity index (χ0v) is 17.0. The van der Waals surface area contributed by atoms with E-state index in [2.05, 4.69) is 32.2 Å². The van der Waals surface area contributed by atoms with Crippen LogP contribution >= 0.6 is 0 Å². The second-order valence-electron chi connectivity index (χ2n) is 8.20. The maximum Gasteiger partial charge on any atom is 0.230 e. The number of piperidine rings is 1. The van der Waals surface area contributed by atoms with Crippen LogP contribution in [-0.2, 0) is 11.2 Å². The standard InChI is InChI=1S/C20H30N6O/c1-6-15-13-21-14(2)23-18(15)25-11-8-16(9-12-25)26-17(7-10-22-26)24-19(27)20(3,4)5/h7,10,13,16H,6,8-9,11-12H2,1-5H3,(H,24,27). The van der Waals surface area contributed by atoms with Crippen molar-refractivity contribution in [2.75, 3.05) is 23.3 Å². The van der Waals surface area contributed by atoms with E-state index in [1.807, 2.05) is 44.6 Å². The van der Waals surface area contributed by atoms with Crippen LogP contribution in [0, 0.1) is 12.3 Å². The van der Waals surface area contributed by atoms with Gasteiger partial charge in [0.2, 0.25) is 5.91 Å². The Bertz CT molecular complexity index is 799. The van der Waals surface area contributed by atoms with Crippen LogP contribution in [0.1, 0.15) is 58.0 Å². The summed E-state index contributed by atoms with van der Waals surface area (Å²) in [5.74, 6) is 2.65. The van der Waals surface area contributed by atoms with Crippen LogP contribution in [-0.4, -0.2) is 38.7 Å². The monoisotopic (exact) mass is 370 g/mol. The second kappa shape index (κ2) is 7.66. The molecule has 0 saturated carbocycles. The minimum Gasteiger partial charge on any atom is -0.356 e. The second-order valence-corrected chi connectivity index (χ2v) is 8.20. The Morgan fingerprint density at radius 3 is 2.63 bits per heavy atom. The molecule has 0 atom stereocenters. The molecular formula is C20H30N6O. The highest BCUT2D eigenvalue weighted by molar-refractivity contribution is 5.93. The van der Waals surface area contributed by atoms with E-state index in [1.54, 1.807) is 6.20 Å². The predicted molar refractivity (Wildman–Crippen MR) is 107 cm³/mol. The molecule has 27 heavy (non-hydrogen) atoms. The van der Waals surface area contributed by atoms with Gasteiger partial charge in [-0.05, 0) is 26.2 Å². The largest absolute Gasteiger partial charge is 0.356 e. The van der Waals surface area contributed by atoms with Crippen molar-refractivity contribution in [1.82, 2.24) is 19.7 Å². The molecule has 0 unspecified atom stereocenters. The Balaban J connectivity index is 1.70. The Morgan fingerprint density at radius 1 is 1.30 bits per heavy atom. The quantitative estimate of drug-likeness (QED) is 0.893. The number of nitrogens with one attached hydrogen (secondary N) is 1. The summed E-state index contributed by atoms with van der Waals surface area (Å²) in [4.78, 5) is 23.7. The summed E-state index contributed by atoms with van der Waals surface area (Å²) in [6.45, 7) is 11.6. The molecule has 1 N–H and O–H groups in total. The van der Waals surface area contributed by atoms with Crippen molar-refractivity contribution >= 4 is 17.5 Å². The van der Waals surface area contributed by atoms with Crippen molar-refractivity contribution in [3.63, 3.8) is 0 Å². The van der Waals surface area contributed by atoms with E-state index in [9.17, 15) is 4.79 Å². The molecule has 2 aromatic rings. The summed E-state index contributed by atoms with van der Waals surface area (Å²) in [7, 11) is 0. The van der Waals surface area contributed by atoms with Gasteiger partial charge in [0.1, 0.15) is 17.5 Å². The maximum absolute atomic E-state index is 12.3. The summed E-state index contributed by atoms with van der Waals surface area (Å²) in [6, 6.07) is 2.15. The van der Waals surface area contributed by atoms with Gasteiger partial charge in [0.05, 0.1) is 12.2 Å². The molecule has 1 saturated heterocycles. The van der Waals surface area contributed by atoms with Crippen LogP contribution in [0.2, 0.25) is 0 Å². The number of aryl methyl sites for hydroxylation is 2. The van der Waals surface area contributed by atoms with Crippen LogP contribution < -0.4 is 10.2 Å². The molecule has 7 nitrogen and oxygen atoms in total. The maximum atomic E-state index is 12.3. The van der Waals surface area contributed by atoms with Crippen molar-refractivity contribution in [2.45, 2.75) is 59.9 Å². The molecule has 0 aromatic carbocycles. The van der Waals surface area contributed by atoms with Crippen LogP contribution in [0.4, 0.5) is 11.6 Å². The minimum absolute atomic E-state index is 0.00531. The van der Waals surface area contributed by atoms with Gasteiger partial charge in [0.15, 0.2) is 0 Å². The number of aromatic nitrogens is 4. The lowest BCUT2D eigenvalue weighted by atomic mass is 9.96. The van der Waals surface area contributed by atoms with Gasteiger partial charge in [-0.1, -0.05) is 27.7 Å². The first-order valence-electron chi connectivity index (χ1n) is 9.72. The zero-order valence-electron chi connectivity index (χ0n) is 17.0. The third kappa shape index (κ3) is 4.28. The van der Waals surface area contributed by atoms with Gasteiger partial charge >= 0.3 is 0 Å². The molecule has 2 aromatic heterocycles. The number of carbonyl (C=O) groups excluding carboxylic acids is 1. The number of anilines is 2. The van der Waals surface area contributed by atoms with E-state index in [4.69, 9.17) is 0 Å². The Kier molecular flexibility index (Phi) is 5.48. The van der Waals surface area contributed by atoms with E-state index < -0.39 is 5.41 Å². The number of hydrogen-bond donors (Lipinski definition) is 1. The van der Waals surface area contributed by atoms with E-state index in [-0.39, 0.29) is 11.9 Å². The van der Waals surface area contributed by atoms with E-state index in [0.717, 1.165) is 49.8 Å². The molecule has 0 aliphatic carbocycles. The molecule has 3 heterocycles. The molecule has 0 bridgehead atoms. The van der Waals surface area contributed by atoms with Crippen LogP contribution in [0.15, 0.2) is 18.5 Å². The fraction of sp³-hybridized carbons (Fsp3) is 0.600. The Morgan fingerprint density at radius 2 is 2.00 bits per heavy atom. The highest BCUT2D eigenvalue weighted by Crippen LogP contribution is 2.29. The third-order valence-electron chi connectivity index (χ3n) is 5.05. The number of nitrogens with zero attached hydrogens (tertiary/aromatic N) is 5. The molecule has 1 aliphatic rings. The lowest BCUT2D eigenvalue weighted by Gasteiger charge is -2.34. The molecule has 1 amide bonds. The first-order chi connectivity index (χ1) is 12.8. The summed E-state index contributed by atoms with van der Waals surface area (Å²) < 4.78 is 1.97. The fourth-order valence-electron chi connectivity index (χ4n) is 3.34. The van der Waals surface area contributed by atoms with Crippen LogP contribution in [0.5, 0.6) is 0 Å². The van der Waals surface area contributed by atoms with E-state index >= 15 is 0 Å². The molecule has 7 heteroatoms. The number of rotatable bonds is 4. The van der Waals surface area contributed by atoms with Gasteiger partial charge < -0.3 is 10.2 Å². The van der Waals surface area contributed by atoms with Crippen LogP contribution in [0.25, 0.3) is 0 Å². The zero-order chi connectivity index (χ0) is 19.6. The van der Waals surface area contributed by atoms with Crippen molar-refractivity contribution < 1.29 is 4.79 Å². The summed E-state index contributed by atoms with van der Waals surface area (Å²) in [5, 5.41) is 7.50. The number of carbonyl (C=O) groups is 1. The molecule has 1 fully saturated rings.